The molecule has 3 aromatic carbocycles. The van der Waals surface area contributed by atoms with Crippen LogP contribution in [0.2, 0.25) is 5.02 Å². The molecule has 4 aromatic rings. The van der Waals surface area contributed by atoms with Gasteiger partial charge < -0.3 is 9.88 Å². The standard InChI is InChI=1S/C26H26ClN3O/c1-19-7-2-3-8-21(19)18-30-24-10-5-4-9-23(24)29-25(30)11-6-16-28-26(31)17-20-12-14-22(27)15-13-20/h2-5,7-10,12-15H,6,11,16-18H2,1H3,(H,28,31). The number of nitrogens with one attached hydrogen (secondary N) is 1. The van der Waals surface area contributed by atoms with Crippen LogP contribution in [0.4, 0.5) is 0 Å². The number of aryl methyl sites for hydroxylation is 2. The van der Waals surface area contributed by atoms with Crippen LogP contribution in [0.25, 0.3) is 11.0 Å². The first-order valence-electron chi connectivity index (χ1n) is 10.6. The Morgan fingerprint density at radius 2 is 1.74 bits per heavy atom. The van der Waals surface area contributed by atoms with Gasteiger partial charge in [0.25, 0.3) is 0 Å². The Morgan fingerprint density at radius 1 is 1.00 bits per heavy atom. The Hall–Kier alpha value is -3.11. The van der Waals surface area contributed by atoms with E-state index in [0.29, 0.717) is 18.0 Å². The number of hydrogen-bond acceptors (Lipinski definition) is 2. The van der Waals surface area contributed by atoms with E-state index < -0.39 is 0 Å². The van der Waals surface area contributed by atoms with Gasteiger partial charge in [0.2, 0.25) is 5.91 Å². The molecule has 4 nitrogen and oxygen atoms in total. The number of hydrogen-bond donors (Lipinski definition) is 1. The third-order valence-corrected chi connectivity index (χ3v) is 5.75. The average Bonchev–Trinajstić information content (AvgIpc) is 3.12. The molecule has 1 amide bonds. The van der Waals surface area contributed by atoms with Crippen molar-refractivity contribution in [3.8, 4) is 0 Å². The molecule has 0 aliphatic rings. The summed E-state index contributed by atoms with van der Waals surface area (Å²) in [6.07, 6.45) is 2.01. The van der Waals surface area contributed by atoms with Gasteiger partial charge >= 0.3 is 0 Å². The van der Waals surface area contributed by atoms with Crippen LogP contribution in [0.15, 0.2) is 72.8 Å². The smallest absolute Gasteiger partial charge is 0.224 e. The highest BCUT2D eigenvalue weighted by Crippen LogP contribution is 2.20. The zero-order valence-corrected chi connectivity index (χ0v) is 18.4. The zero-order valence-electron chi connectivity index (χ0n) is 17.6. The van der Waals surface area contributed by atoms with Crippen molar-refractivity contribution >= 4 is 28.5 Å². The topological polar surface area (TPSA) is 46.9 Å². The summed E-state index contributed by atoms with van der Waals surface area (Å²) < 4.78 is 2.30. The van der Waals surface area contributed by atoms with E-state index in [9.17, 15) is 4.79 Å². The van der Waals surface area contributed by atoms with Crippen LogP contribution in [0, 0.1) is 6.92 Å². The lowest BCUT2D eigenvalue weighted by Gasteiger charge is -2.12. The number of halogens is 1. The number of imidazole rings is 1. The van der Waals surface area contributed by atoms with Gasteiger partial charge in [0, 0.05) is 24.5 Å². The lowest BCUT2D eigenvalue weighted by molar-refractivity contribution is -0.120. The van der Waals surface area contributed by atoms with Crippen LogP contribution in [0.5, 0.6) is 0 Å². The summed E-state index contributed by atoms with van der Waals surface area (Å²) in [6, 6.07) is 24.1. The van der Waals surface area contributed by atoms with Crippen LogP contribution in [-0.2, 0) is 24.2 Å². The van der Waals surface area contributed by atoms with Crippen LogP contribution in [0.1, 0.15) is 28.9 Å². The molecule has 0 spiro atoms. The molecule has 4 rings (SSSR count). The summed E-state index contributed by atoms with van der Waals surface area (Å²) in [6.45, 7) is 3.57. The number of aromatic nitrogens is 2. The number of rotatable bonds is 8. The fraction of sp³-hybridized carbons (Fsp3) is 0.231. The molecule has 0 bridgehead atoms. The largest absolute Gasteiger partial charge is 0.356 e. The second-order valence-electron chi connectivity index (χ2n) is 7.79. The fourth-order valence-corrected chi connectivity index (χ4v) is 3.90. The lowest BCUT2D eigenvalue weighted by Crippen LogP contribution is -2.26. The van der Waals surface area contributed by atoms with Gasteiger partial charge in [-0.2, -0.15) is 0 Å². The predicted molar refractivity (Wildman–Crippen MR) is 127 cm³/mol. The molecule has 1 heterocycles. The van der Waals surface area contributed by atoms with E-state index in [0.717, 1.165) is 41.8 Å². The molecule has 1 N–H and O–H groups in total. The predicted octanol–water partition coefficient (Wildman–Crippen LogP) is 5.34. The van der Waals surface area contributed by atoms with Crippen molar-refractivity contribution in [1.29, 1.82) is 0 Å². The first kappa shape index (κ1) is 21.1. The van der Waals surface area contributed by atoms with Crippen LogP contribution in [-0.4, -0.2) is 22.0 Å². The Labute approximate surface area is 187 Å². The summed E-state index contributed by atoms with van der Waals surface area (Å²) in [5.41, 5.74) is 5.69. The minimum Gasteiger partial charge on any atom is -0.356 e. The first-order chi connectivity index (χ1) is 15.1. The van der Waals surface area contributed by atoms with Gasteiger partial charge in [-0.3, -0.25) is 4.79 Å². The molecule has 31 heavy (non-hydrogen) atoms. The third kappa shape index (κ3) is 5.33. The summed E-state index contributed by atoms with van der Waals surface area (Å²) in [5.74, 6) is 1.08. The van der Waals surface area contributed by atoms with Gasteiger partial charge in [-0.1, -0.05) is 60.1 Å². The van der Waals surface area contributed by atoms with Crippen molar-refractivity contribution in [2.45, 2.75) is 32.7 Å². The van der Waals surface area contributed by atoms with Gasteiger partial charge in [-0.25, -0.2) is 4.98 Å². The minimum absolute atomic E-state index is 0.0238. The second kappa shape index (κ2) is 9.80. The molecule has 0 aliphatic heterocycles. The second-order valence-corrected chi connectivity index (χ2v) is 8.22. The molecular weight excluding hydrogens is 406 g/mol. The molecule has 158 valence electrons. The quantitative estimate of drug-likeness (QED) is 0.383. The maximum atomic E-state index is 12.2. The highest BCUT2D eigenvalue weighted by molar-refractivity contribution is 6.30. The molecule has 0 fully saturated rings. The molecule has 5 heteroatoms. The molecule has 0 unspecified atom stereocenters. The monoisotopic (exact) mass is 431 g/mol. The molecule has 0 atom stereocenters. The normalized spacial score (nSPS) is 11.0. The highest BCUT2D eigenvalue weighted by atomic mass is 35.5. The van der Waals surface area contributed by atoms with Crippen LogP contribution >= 0.6 is 11.6 Å². The van der Waals surface area contributed by atoms with E-state index in [-0.39, 0.29) is 5.91 Å². The van der Waals surface area contributed by atoms with Crippen LogP contribution in [0.3, 0.4) is 0 Å². The van der Waals surface area contributed by atoms with Crippen molar-refractivity contribution in [3.05, 3.63) is 100 Å². The van der Waals surface area contributed by atoms with E-state index in [4.69, 9.17) is 16.6 Å². The van der Waals surface area contributed by atoms with Crippen molar-refractivity contribution in [2.24, 2.45) is 0 Å². The number of para-hydroxylation sites is 2. The van der Waals surface area contributed by atoms with Gasteiger partial charge in [0.15, 0.2) is 0 Å². The summed E-state index contributed by atoms with van der Waals surface area (Å²) in [4.78, 5) is 17.1. The Bertz CT molecular complexity index is 1180. The van der Waals surface area contributed by atoms with Gasteiger partial charge in [0.1, 0.15) is 5.82 Å². The lowest BCUT2D eigenvalue weighted by atomic mass is 10.1. The number of carbonyl (C=O) groups excluding carboxylic acids is 1. The van der Waals surface area contributed by atoms with E-state index in [1.807, 2.05) is 30.3 Å². The summed E-state index contributed by atoms with van der Waals surface area (Å²) in [5, 5.41) is 3.70. The summed E-state index contributed by atoms with van der Waals surface area (Å²) in [7, 11) is 0. The fourth-order valence-electron chi connectivity index (χ4n) is 3.77. The van der Waals surface area contributed by atoms with Crippen molar-refractivity contribution < 1.29 is 4.79 Å². The number of amides is 1. The Balaban J connectivity index is 1.39. The molecular formula is C26H26ClN3O. The summed E-state index contributed by atoms with van der Waals surface area (Å²) >= 11 is 5.90. The van der Waals surface area contributed by atoms with Gasteiger partial charge in [-0.15, -0.1) is 0 Å². The molecule has 0 saturated heterocycles. The van der Waals surface area contributed by atoms with E-state index in [2.05, 4.69) is 59.3 Å². The van der Waals surface area contributed by atoms with Crippen molar-refractivity contribution in [3.63, 3.8) is 0 Å². The number of fused-ring (bicyclic) bond motifs is 1. The highest BCUT2D eigenvalue weighted by Gasteiger charge is 2.12. The van der Waals surface area contributed by atoms with Crippen LogP contribution < -0.4 is 5.32 Å². The molecule has 1 aromatic heterocycles. The number of carbonyl (C=O) groups is 1. The minimum atomic E-state index is 0.0238. The third-order valence-electron chi connectivity index (χ3n) is 5.50. The number of nitrogens with zero attached hydrogens (tertiary/aromatic N) is 2. The SMILES string of the molecule is Cc1ccccc1Cn1c(CCCNC(=O)Cc2ccc(Cl)cc2)nc2ccccc21. The average molecular weight is 432 g/mol. The van der Waals surface area contributed by atoms with Gasteiger partial charge in [0.05, 0.1) is 17.5 Å². The molecule has 0 aliphatic carbocycles. The molecule has 0 saturated carbocycles. The van der Waals surface area contributed by atoms with Crippen molar-refractivity contribution in [2.75, 3.05) is 6.54 Å². The van der Waals surface area contributed by atoms with Gasteiger partial charge in [-0.05, 0) is 54.3 Å². The van der Waals surface area contributed by atoms with E-state index in [1.165, 1.54) is 11.1 Å². The molecule has 0 radical (unpaired) electrons. The first-order valence-corrected chi connectivity index (χ1v) is 11.0. The van der Waals surface area contributed by atoms with Crippen molar-refractivity contribution in [1.82, 2.24) is 14.9 Å². The number of benzene rings is 3. The van der Waals surface area contributed by atoms with E-state index in [1.54, 1.807) is 0 Å². The maximum absolute atomic E-state index is 12.2. The van der Waals surface area contributed by atoms with E-state index >= 15 is 0 Å². The zero-order chi connectivity index (χ0) is 21.6. The maximum Gasteiger partial charge on any atom is 0.224 e. The Morgan fingerprint density at radius 3 is 2.55 bits per heavy atom. The Kier molecular flexibility index (Phi) is 6.68.